The average molecular weight is 918 g/mol. The Hall–Kier alpha value is -9.18. The molecule has 72 heavy (non-hydrogen) atoms. The molecule has 1 aliphatic rings. The fourth-order valence-corrected chi connectivity index (χ4v) is 11.8. The van der Waals surface area contributed by atoms with Crippen LogP contribution in [0, 0.1) is 0 Å². The third-order valence-electron chi connectivity index (χ3n) is 15.2. The smallest absolute Gasteiger partial charge is 0.160 e. The molecule has 0 saturated carbocycles. The lowest BCUT2D eigenvalue weighted by molar-refractivity contribution is 0.661. The molecule has 3 heteroatoms. The zero-order chi connectivity index (χ0) is 47.9. The van der Waals surface area contributed by atoms with Crippen LogP contribution < -0.4 is 0 Å². The number of fused-ring (bicyclic) bond motifs is 8. The first kappa shape index (κ1) is 41.8. The normalized spacial score (nSPS) is 12.7. The molecule has 0 radical (unpaired) electrons. The molecular weight excluding hydrogens is 871 g/mol. The molecule has 0 amide bonds. The molecule has 2 heterocycles. The van der Waals surface area contributed by atoms with E-state index in [1.807, 2.05) is 6.07 Å². The predicted octanol–water partition coefficient (Wildman–Crippen LogP) is 18.2. The second-order valence-corrected chi connectivity index (χ2v) is 19.6. The minimum absolute atomic E-state index is 0.135. The molecule has 0 unspecified atom stereocenters. The highest BCUT2D eigenvalue weighted by Crippen LogP contribution is 2.54. The number of aromatic nitrogens is 3. The van der Waals surface area contributed by atoms with Crippen LogP contribution in [0.15, 0.2) is 249 Å². The van der Waals surface area contributed by atoms with Gasteiger partial charge in [-0.25, -0.2) is 9.97 Å². The average Bonchev–Trinajstić information content (AvgIpc) is 3.89. The molecule has 11 aromatic carbocycles. The summed E-state index contributed by atoms with van der Waals surface area (Å²) in [5.41, 5.74) is 20.7. The lowest BCUT2D eigenvalue weighted by Crippen LogP contribution is -2.14. The molecule has 0 aliphatic heterocycles. The van der Waals surface area contributed by atoms with Crippen molar-refractivity contribution < 1.29 is 0 Å². The minimum atomic E-state index is -0.135. The summed E-state index contributed by atoms with van der Waals surface area (Å²) in [6, 6.07) is 90.3. The summed E-state index contributed by atoms with van der Waals surface area (Å²) >= 11 is 0. The van der Waals surface area contributed by atoms with Crippen molar-refractivity contribution in [3.8, 4) is 84.1 Å². The molecule has 0 spiro atoms. The minimum Gasteiger partial charge on any atom is -0.309 e. The van der Waals surface area contributed by atoms with Crippen LogP contribution in [0.4, 0.5) is 0 Å². The van der Waals surface area contributed by atoms with E-state index in [1.54, 1.807) is 0 Å². The van der Waals surface area contributed by atoms with Crippen LogP contribution in [0.25, 0.3) is 127 Å². The van der Waals surface area contributed by atoms with Gasteiger partial charge in [0.25, 0.3) is 0 Å². The van der Waals surface area contributed by atoms with Gasteiger partial charge < -0.3 is 4.57 Å². The Balaban J connectivity index is 0.889. The van der Waals surface area contributed by atoms with Gasteiger partial charge >= 0.3 is 0 Å². The standard InChI is InChI=1S/C69H47N3/c1-69(2)60-31-18-30-58(67(60)59-41-47-21-6-7-22-48(47)42-61(59)69)53-39-40-55(52-26-10-9-25-51(52)53)63-43-62(70-68(71-63)46-19-4-3-5-20-46)54-27-11-8-23-49(54)44-35-37-45(38-36-44)50-24-12-15-32-64(50)72-65-33-16-13-28-56(65)57-29-14-17-34-66(57)72/h3-43H,1-2H3. The van der Waals surface area contributed by atoms with E-state index in [0.717, 1.165) is 55.8 Å². The fourth-order valence-electron chi connectivity index (χ4n) is 11.8. The summed E-state index contributed by atoms with van der Waals surface area (Å²) < 4.78 is 2.41. The molecular formula is C69H47N3. The molecule has 14 rings (SSSR count). The van der Waals surface area contributed by atoms with E-state index in [1.165, 1.54) is 76.9 Å². The van der Waals surface area contributed by atoms with E-state index in [2.05, 4.69) is 261 Å². The monoisotopic (exact) mass is 917 g/mol. The topological polar surface area (TPSA) is 30.7 Å². The second-order valence-electron chi connectivity index (χ2n) is 19.6. The summed E-state index contributed by atoms with van der Waals surface area (Å²) in [5, 5.41) is 7.39. The predicted molar refractivity (Wildman–Crippen MR) is 302 cm³/mol. The highest BCUT2D eigenvalue weighted by Gasteiger charge is 2.37. The second kappa shape index (κ2) is 16.5. The zero-order valence-corrected chi connectivity index (χ0v) is 40.0. The van der Waals surface area contributed by atoms with Gasteiger partial charge in [-0.05, 0) is 108 Å². The number of hydrogen-bond donors (Lipinski definition) is 0. The van der Waals surface area contributed by atoms with Gasteiger partial charge in [-0.15, -0.1) is 0 Å². The van der Waals surface area contributed by atoms with E-state index in [4.69, 9.17) is 9.97 Å². The number of benzene rings is 11. The van der Waals surface area contributed by atoms with E-state index in [0.29, 0.717) is 5.82 Å². The molecule has 1 aliphatic carbocycles. The fraction of sp³-hybridized carbons (Fsp3) is 0.0435. The maximum atomic E-state index is 5.39. The maximum Gasteiger partial charge on any atom is 0.160 e. The maximum absolute atomic E-state index is 5.39. The molecule has 0 atom stereocenters. The molecule has 0 fully saturated rings. The summed E-state index contributed by atoms with van der Waals surface area (Å²) in [7, 11) is 0. The summed E-state index contributed by atoms with van der Waals surface area (Å²) in [5.74, 6) is 0.690. The Morgan fingerprint density at radius 3 is 1.54 bits per heavy atom. The van der Waals surface area contributed by atoms with Crippen LogP contribution >= 0.6 is 0 Å². The molecule has 338 valence electrons. The molecule has 3 nitrogen and oxygen atoms in total. The van der Waals surface area contributed by atoms with Gasteiger partial charge in [-0.2, -0.15) is 0 Å². The molecule has 0 bridgehead atoms. The third-order valence-corrected chi connectivity index (χ3v) is 15.2. The number of para-hydroxylation sites is 3. The van der Waals surface area contributed by atoms with Gasteiger partial charge in [0.1, 0.15) is 0 Å². The van der Waals surface area contributed by atoms with Crippen molar-refractivity contribution in [1.29, 1.82) is 0 Å². The van der Waals surface area contributed by atoms with Gasteiger partial charge in [0.2, 0.25) is 0 Å². The van der Waals surface area contributed by atoms with Gasteiger partial charge in [-0.1, -0.05) is 226 Å². The van der Waals surface area contributed by atoms with Crippen LogP contribution in [0.5, 0.6) is 0 Å². The van der Waals surface area contributed by atoms with Crippen molar-refractivity contribution in [2.45, 2.75) is 19.3 Å². The quantitative estimate of drug-likeness (QED) is 0.159. The molecule has 2 aromatic heterocycles. The first-order valence-electron chi connectivity index (χ1n) is 24.9. The Morgan fingerprint density at radius 1 is 0.319 bits per heavy atom. The Bertz CT molecular complexity index is 4240. The Labute approximate surface area is 419 Å². The first-order valence-corrected chi connectivity index (χ1v) is 24.9. The van der Waals surface area contributed by atoms with E-state index in [9.17, 15) is 0 Å². The highest BCUT2D eigenvalue weighted by molar-refractivity contribution is 6.11. The van der Waals surface area contributed by atoms with Crippen molar-refractivity contribution in [2.24, 2.45) is 0 Å². The van der Waals surface area contributed by atoms with Crippen molar-refractivity contribution in [1.82, 2.24) is 14.5 Å². The van der Waals surface area contributed by atoms with Crippen molar-refractivity contribution in [2.75, 3.05) is 0 Å². The van der Waals surface area contributed by atoms with Crippen LogP contribution in [0.3, 0.4) is 0 Å². The van der Waals surface area contributed by atoms with Crippen LogP contribution in [0.1, 0.15) is 25.0 Å². The van der Waals surface area contributed by atoms with E-state index < -0.39 is 0 Å². The number of hydrogen-bond acceptors (Lipinski definition) is 2. The summed E-state index contributed by atoms with van der Waals surface area (Å²) in [6.07, 6.45) is 0. The lowest BCUT2D eigenvalue weighted by Gasteiger charge is -2.22. The highest BCUT2D eigenvalue weighted by atomic mass is 15.0. The molecule has 13 aromatic rings. The van der Waals surface area contributed by atoms with Gasteiger partial charge in [0.15, 0.2) is 5.82 Å². The van der Waals surface area contributed by atoms with Gasteiger partial charge in [0, 0.05) is 38.4 Å². The number of rotatable bonds is 7. The van der Waals surface area contributed by atoms with E-state index in [-0.39, 0.29) is 5.41 Å². The van der Waals surface area contributed by atoms with Gasteiger partial charge in [0.05, 0.1) is 28.1 Å². The summed E-state index contributed by atoms with van der Waals surface area (Å²) in [6.45, 7) is 4.74. The zero-order valence-electron chi connectivity index (χ0n) is 40.0. The van der Waals surface area contributed by atoms with Crippen LogP contribution in [-0.2, 0) is 5.41 Å². The van der Waals surface area contributed by atoms with Crippen molar-refractivity contribution in [3.63, 3.8) is 0 Å². The van der Waals surface area contributed by atoms with Gasteiger partial charge in [-0.3, -0.25) is 0 Å². The van der Waals surface area contributed by atoms with Crippen molar-refractivity contribution in [3.05, 3.63) is 260 Å². The SMILES string of the molecule is CC1(C)c2cc3ccccc3cc2-c2c(-c3ccc(-c4cc(-c5ccccc5-c5ccc(-c6ccccc6-n6c7ccccc7c7ccccc76)cc5)nc(-c5ccccc5)n4)c4ccccc34)cccc21. The van der Waals surface area contributed by atoms with Crippen LogP contribution in [0.2, 0.25) is 0 Å². The third kappa shape index (κ3) is 6.58. The van der Waals surface area contributed by atoms with Crippen molar-refractivity contribution >= 4 is 43.4 Å². The van der Waals surface area contributed by atoms with E-state index >= 15 is 0 Å². The molecule has 0 N–H and O–H groups in total. The Kier molecular flexibility index (Phi) is 9.56. The largest absolute Gasteiger partial charge is 0.309 e. The van der Waals surface area contributed by atoms with Crippen LogP contribution in [-0.4, -0.2) is 14.5 Å². The number of nitrogens with zero attached hydrogens (tertiary/aromatic N) is 3. The first-order chi connectivity index (χ1) is 35.5. The Morgan fingerprint density at radius 2 is 0.833 bits per heavy atom. The molecule has 0 saturated heterocycles. The lowest BCUT2D eigenvalue weighted by atomic mass is 9.81. The summed E-state index contributed by atoms with van der Waals surface area (Å²) in [4.78, 5) is 10.8.